The zero-order chi connectivity index (χ0) is 23.2. The normalized spacial score (nSPS) is 15.6. The van der Waals surface area contributed by atoms with E-state index in [1.165, 1.54) is 17.0 Å². The standard InChI is InChI=1S/C24H29FN4O4/c1-17-5-7-22-20(14-17)29(16-18-15-19(25)6-8-21(18)33-22)24(31)27-26-23(30)4-2-3-9-28-10-12-32-13-11-28/h5-8,14-15H,2-4,9-13,16H2,1H3,(H,26,30)(H,27,31). The Balaban J connectivity index is 1.34. The van der Waals surface area contributed by atoms with E-state index in [9.17, 15) is 14.0 Å². The van der Waals surface area contributed by atoms with E-state index in [1.807, 2.05) is 19.1 Å². The summed E-state index contributed by atoms with van der Waals surface area (Å²) in [5, 5.41) is 0. The van der Waals surface area contributed by atoms with E-state index in [2.05, 4.69) is 15.8 Å². The Morgan fingerprint density at radius 3 is 2.64 bits per heavy atom. The summed E-state index contributed by atoms with van der Waals surface area (Å²) in [4.78, 5) is 29.0. The van der Waals surface area contributed by atoms with Gasteiger partial charge in [-0.05, 0) is 62.2 Å². The molecule has 0 aromatic heterocycles. The van der Waals surface area contributed by atoms with Crippen LogP contribution >= 0.6 is 0 Å². The van der Waals surface area contributed by atoms with Crippen molar-refractivity contribution in [2.45, 2.75) is 32.7 Å². The van der Waals surface area contributed by atoms with Crippen LogP contribution in [0, 0.1) is 12.7 Å². The van der Waals surface area contributed by atoms with Crippen molar-refractivity contribution in [1.29, 1.82) is 0 Å². The van der Waals surface area contributed by atoms with Crippen LogP contribution in [0.4, 0.5) is 14.9 Å². The summed E-state index contributed by atoms with van der Waals surface area (Å²) in [6.07, 6.45) is 1.95. The molecule has 0 unspecified atom stereocenters. The van der Waals surface area contributed by atoms with Crippen molar-refractivity contribution in [2.24, 2.45) is 0 Å². The van der Waals surface area contributed by atoms with E-state index in [0.29, 0.717) is 29.2 Å². The number of anilines is 1. The van der Waals surface area contributed by atoms with Crippen molar-refractivity contribution in [3.05, 3.63) is 53.3 Å². The number of carbonyl (C=O) groups excluding carboxylic acids is 2. The zero-order valence-electron chi connectivity index (χ0n) is 18.7. The van der Waals surface area contributed by atoms with Crippen molar-refractivity contribution in [2.75, 3.05) is 37.7 Å². The van der Waals surface area contributed by atoms with Crippen LogP contribution in [-0.2, 0) is 16.1 Å². The first kappa shape index (κ1) is 23.0. The highest BCUT2D eigenvalue weighted by molar-refractivity contribution is 5.95. The molecule has 0 aliphatic carbocycles. The van der Waals surface area contributed by atoms with Crippen molar-refractivity contribution < 1.29 is 23.5 Å². The number of hydrogen-bond donors (Lipinski definition) is 2. The van der Waals surface area contributed by atoms with Gasteiger partial charge >= 0.3 is 6.03 Å². The maximum absolute atomic E-state index is 13.8. The molecule has 8 nitrogen and oxygen atoms in total. The fraction of sp³-hybridized carbons (Fsp3) is 0.417. The number of halogens is 1. The topological polar surface area (TPSA) is 83.1 Å². The Hall–Kier alpha value is -3.17. The van der Waals surface area contributed by atoms with Gasteiger partial charge in [-0.15, -0.1) is 0 Å². The highest BCUT2D eigenvalue weighted by Crippen LogP contribution is 2.39. The Bertz CT molecular complexity index is 1010. The molecule has 1 fully saturated rings. The Morgan fingerprint density at radius 1 is 1.03 bits per heavy atom. The maximum atomic E-state index is 13.8. The first-order chi connectivity index (χ1) is 16.0. The van der Waals surface area contributed by atoms with Gasteiger partial charge < -0.3 is 9.47 Å². The van der Waals surface area contributed by atoms with Crippen molar-refractivity contribution in [3.63, 3.8) is 0 Å². The van der Waals surface area contributed by atoms with E-state index >= 15 is 0 Å². The van der Waals surface area contributed by atoms with Crippen LogP contribution in [0.5, 0.6) is 11.5 Å². The fourth-order valence-electron chi connectivity index (χ4n) is 3.95. The molecule has 2 heterocycles. The van der Waals surface area contributed by atoms with Gasteiger partial charge in [0.2, 0.25) is 5.91 Å². The number of hydrazine groups is 1. The van der Waals surface area contributed by atoms with Gasteiger partial charge in [-0.2, -0.15) is 0 Å². The SMILES string of the molecule is Cc1ccc2c(c1)N(C(=O)NNC(=O)CCCCN1CCOCC1)Cc1cc(F)ccc1O2. The molecule has 0 atom stereocenters. The number of fused-ring (bicyclic) bond motifs is 2. The van der Waals surface area contributed by atoms with Gasteiger partial charge in [0.15, 0.2) is 5.75 Å². The number of nitrogens with one attached hydrogen (secondary N) is 2. The lowest BCUT2D eigenvalue weighted by Crippen LogP contribution is -2.48. The molecule has 3 amide bonds. The molecule has 9 heteroatoms. The second kappa shape index (κ2) is 10.6. The molecule has 2 aromatic rings. The van der Waals surface area contributed by atoms with Crippen molar-refractivity contribution >= 4 is 17.6 Å². The molecule has 2 aromatic carbocycles. The first-order valence-corrected chi connectivity index (χ1v) is 11.2. The Morgan fingerprint density at radius 2 is 1.82 bits per heavy atom. The highest BCUT2D eigenvalue weighted by Gasteiger charge is 2.26. The van der Waals surface area contributed by atoms with Gasteiger partial charge in [0, 0.05) is 25.1 Å². The summed E-state index contributed by atoms with van der Waals surface area (Å²) in [6, 6.07) is 9.17. The minimum absolute atomic E-state index is 0.102. The fourth-order valence-corrected chi connectivity index (χ4v) is 3.95. The molecule has 0 bridgehead atoms. The average Bonchev–Trinajstić information content (AvgIpc) is 2.97. The molecule has 0 radical (unpaired) electrons. The number of amides is 3. The molecule has 176 valence electrons. The number of hydrogen-bond acceptors (Lipinski definition) is 5. The number of ether oxygens (including phenoxy) is 2. The van der Waals surface area contributed by atoms with Gasteiger partial charge in [-0.1, -0.05) is 6.07 Å². The average molecular weight is 457 g/mol. The largest absolute Gasteiger partial charge is 0.455 e. The van der Waals surface area contributed by atoms with Gasteiger partial charge in [-0.3, -0.25) is 20.0 Å². The van der Waals surface area contributed by atoms with Gasteiger partial charge in [0.05, 0.1) is 25.4 Å². The van der Waals surface area contributed by atoms with E-state index in [1.54, 1.807) is 12.1 Å². The summed E-state index contributed by atoms with van der Waals surface area (Å²) in [5.74, 6) is 0.300. The van der Waals surface area contributed by atoms with Crippen LogP contribution in [0.25, 0.3) is 0 Å². The lowest BCUT2D eigenvalue weighted by atomic mass is 10.1. The van der Waals surface area contributed by atoms with Crippen molar-refractivity contribution in [3.8, 4) is 11.5 Å². The third-order valence-corrected chi connectivity index (χ3v) is 5.76. The number of morpholine rings is 1. The molecule has 0 saturated carbocycles. The van der Waals surface area contributed by atoms with Gasteiger partial charge in [-0.25, -0.2) is 14.6 Å². The van der Waals surface area contributed by atoms with E-state index < -0.39 is 11.8 Å². The summed E-state index contributed by atoms with van der Waals surface area (Å²) in [6.45, 7) is 6.31. The summed E-state index contributed by atoms with van der Waals surface area (Å²) >= 11 is 0. The Kier molecular flexibility index (Phi) is 7.41. The summed E-state index contributed by atoms with van der Waals surface area (Å²) in [5.41, 5.74) is 7.00. The lowest BCUT2D eigenvalue weighted by molar-refractivity contribution is -0.121. The van der Waals surface area contributed by atoms with Crippen LogP contribution in [0.3, 0.4) is 0 Å². The molecule has 0 spiro atoms. The maximum Gasteiger partial charge on any atom is 0.341 e. The third-order valence-electron chi connectivity index (χ3n) is 5.76. The van der Waals surface area contributed by atoms with E-state index in [4.69, 9.17) is 9.47 Å². The van der Waals surface area contributed by atoms with E-state index in [0.717, 1.165) is 51.3 Å². The van der Waals surface area contributed by atoms with Crippen molar-refractivity contribution in [1.82, 2.24) is 15.8 Å². The summed E-state index contributed by atoms with van der Waals surface area (Å²) in [7, 11) is 0. The number of benzene rings is 2. The molecular weight excluding hydrogens is 427 g/mol. The number of urea groups is 1. The van der Waals surface area contributed by atoms with Crippen LogP contribution < -0.4 is 20.5 Å². The third kappa shape index (κ3) is 6.00. The number of unbranched alkanes of at least 4 members (excludes halogenated alkanes) is 1. The molecule has 2 aliphatic heterocycles. The van der Waals surface area contributed by atoms with Gasteiger partial charge in [0.1, 0.15) is 11.6 Å². The van der Waals surface area contributed by atoms with E-state index in [-0.39, 0.29) is 12.5 Å². The number of aryl methyl sites for hydroxylation is 1. The predicted octanol–water partition coefficient (Wildman–Crippen LogP) is 3.49. The molecule has 2 aliphatic rings. The minimum Gasteiger partial charge on any atom is -0.455 e. The molecular formula is C24H29FN4O4. The minimum atomic E-state index is -0.524. The summed E-state index contributed by atoms with van der Waals surface area (Å²) < 4.78 is 25.1. The predicted molar refractivity (Wildman–Crippen MR) is 122 cm³/mol. The van der Waals surface area contributed by atoms with Crippen LogP contribution in [0.1, 0.15) is 30.4 Å². The van der Waals surface area contributed by atoms with Crippen LogP contribution in [0.2, 0.25) is 0 Å². The van der Waals surface area contributed by atoms with Gasteiger partial charge in [0.25, 0.3) is 0 Å². The zero-order valence-corrected chi connectivity index (χ0v) is 18.7. The smallest absolute Gasteiger partial charge is 0.341 e. The second-order valence-corrected chi connectivity index (χ2v) is 8.30. The quantitative estimate of drug-likeness (QED) is 0.532. The molecule has 1 saturated heterocycles. The molecule has 2 N–H and O–H groups in total. The van der Waals surface area contributed by atoms with Crippen LogP contribution in [-0.4, -0.2) is 49.7 Å². The first-order valence-electron chi connectivity index (χ1n) is 11.2. The highest BCUT2D eigenvalue weighted by atomic mass is 19.1. The number of carbonyl (C=O) groups is 2. The molecule has 33 heavy (non-hydrogen) atoms. The Labute approximate surface area is 192 Å². The lowest BCUT2D eigenvalue weighted by Gasteiger charge is -2.26. The van der Waals surface area contributed by atoms with Crippen LogP contribution in [0.15, 0.2) is 36.4 Å². The molecule has 4 rings (SSSR count). The number of nitrogens with zero attached hydrogens (tertiary/aromatic N) is 2. The monoisotopic (exact) mass is 456 g/mol. The number of rotatable bonds is 5. The second-order valence-electron chi connectivity index (χ2n) is 8.30.